The number of hydrogen-bond donors (Lipinski definition) is 0. The zero-order valence-corrected chi connectivity index (χ0v) is 14.9. The molecule has 1 rings (SSSR count). The van der Waals surface area contributed by atoms with Crippen molar-refractivity contribution in [1.82, 2.24) is 0 Å². The van der Waals surface area contributed by atoms with Crippen LogP contribution in [0.5, 0.6) is 5.75 Å². The van der Waals surface area contributed by atoms with Crippen molar-refractivity contribution in [2.24, 2.45) is 0 Å². The summed E-state index contributed by atoms with van der Waals surface area (Å²) in [5, 5.41) is 0.342. The zero-order valence-electron chi connectivity index (χ0n) is 14.1. The lowest BCUT2D eigenvalue weighted by atomic mass is 10.2. The van der Waals surface area contributed by atoms with E-state index >= 15 is 0 Å². The van der Waals surface area contributed by atoms with E-state index in [0.717, 1.165) is 6.26 Å². The summed E-state index contributed by atoms with van der Waals surface area (Å²) < 4.78 is 20.3. The smallest absolute Gasteiger partial charge is 0.377 e. The Morgan fingerprint density at radius 1 is 1.21 bits per heavy atom. The number of benzene rings is 1. The van der Waals surface area contributed by atoms with Gasteiger partial charge in [-0.3, -0.25) is 0 Å². The molecule has 7 heteroatoms. The minimum atomic E-state index is -0.744. The van der Waals surface area contributed by atoms with Gasteiger partial charge in [-0.2, -0.15) is 0 Å². The van der Waals surface area contributed by atoms with Crippen LogP contribution in [0.2, 0.25) is 5.02 Å². The molecule has 0 aliphatic carbocycles. The van der Waals surface area contributed by atoms with Crippen LogP contribution in [-0.2, 0) is 19.0 Å². The molecule has 0 radical (unpaired) electrons. The molecule has 132 valence electrons. The van der Waals surface area contributed by atoms with E-state index < -0.39 is 11.9 Å². The number of carbonyl (C=O) groups excluding carboxylic acids is 2. The summed E-state index contributed by atoms with van der Waals surface area (Å²) >= 11 is 5.96. The second-order valence-electron chi connectivity index (χ2n) is 4.80. The SMILES string of the molecule is CCC(CC)OC(=O)c1cc(Cl)ccc1OC(=COC)C(=O)OC. The van der Waals surface area contributed by atoms with Gasteiger partial charge in [0.2, 0.25) is 5.76 Å². The van der Waals surface area contributed by atoms with Gasteiger partial charge in [-0.05, 0) is 31.0 Å². The maximum Gasteiger partial charge on any atom is 0.377 e. The number of halogens is 1. The van der Waals surface area contributed by atoms with Crippen molar-refractivity contribution in [3.63, 3.8) is 0 Å². The van der Waals surface area contributed by atoms with E-state index in [0.29, 0.717) is 17.9 Å². The Bertz CT molecular complexity index is 607. The Morgan fingerprint density at radius 3 is 2.42 bits per heavy atom. The van der Waals surface area contributed by atoms with E-state index in [1.165, 1.54) is 32.4 Å². The second kappa shape index (κ2) is 9.82. The predicted molar refractivity (Wildman–Crippen MR) is 89.0 cm³/mol. The number of carbonyl (C=O) groups is 2. The fraction of sp³-hybridized carbons (Fsp3) is 0.412. The monoisotopic (exact) mass is 356 g/mol. The third-order valence-corrected chi connectivity index (χ3v) is 3.41. The van der Waals surface area contributed by atoms with E-state index in [4.69, 9.17) is 25.8 Å². The van der Waals surface area contributed by atoms with Gasteiger partial charge in [0, 0.05) is 5.02 Å². The van der Waals surface area contributed by atoms with Crippen molar-refractivity contribution < 1.29 is 28.5 Å². The number of esters is 2. The molecular weight excluding hydrogens is 336 g/mol. The van der Waals surface area contributed by atoms with Gasteiger partial charge in [0.25, 0.3) is 0 Å². The fourth-order valence-corrected chi connectivity index (χ4v) is 2.03. The normalized spacial score (nSPS) is 11.2. The van der Waals surface area contributed by atoms with E-state index in [9.17, 15) is 9.59 Å². The van der Waals surface area contributed by atoms with Gasteiger partial charge in [-0.1, -0.05) is 25.4 Å². The Morgan fingerprint density at radius 2 is 1.88 bits per heavy atom. The third kappa shape index (κ3) is 5.45. The van der Waals surface area contributed by atoms with Crippen LogP contribution in [0.25, 0.3) is 0 Å². The average molecular weight is 357 g/mol. The van der Waals surface area contributed by atoms with E-state index in [1.54, 1.807) is 0 Å². The first-order valence-electron chi connectivity index (χ1n) is 7.46. The van der Waals surface area contributed by atoms with Crippen LogP contribution < -0.4 is 4.74 Å². The summed E-state index contributed by atoms with van der Waals surface area (Å²) in [7, 11) is 2.57. The summed E-state index contributed by atoms with van der Waals surface area (Å²) in [5.74, 6) is -1.42. The van der Waals surface area contributed by atoms with Crippen LogP contribution in [0.4, 0.5) is 0 Å². The molecule has 0 heterocycles. The third-order valence-electron chi connectivity index (χ3n) is 3.18. The first-order chi connectivity index (χ1) is 11.5. The van der Waals surface area contributed by atoms with Crippen LogP contribution in [0.1, 0.15) is 37.0 Å². The summed E-state index contributed by atoms with van der Waals surface area (Å²) in [6.07, 6.45) is 2.25. The molecule has 1 aromatic carbocycles. The molecule has 6 nitrogen and oxygen atoms in total. The van der Waals surface area contributed by atoms with Gasteiger partial charge in [-0.15, -0.1) is 0 Å². The zero-order chi connectivity index (χ0) is 18.1. The Balaban J connectivity index is 3.14. The summed E-state index contributed by atoms with van der Waals surface area (Å²) in [5.41, 5.74) is 0.111. The summed E-state index contributed by atoms with van der Waals surface area (Å²) in [6.45, 7) is 3.85. The molecule has 0 fully saturated rings. The van der Waals surface area contributed by atoms with Gasteiger partial charge in [0.15, 0.2) is 0 Å². The highest BCUT2D eigenvalue weighted by molar-refractivity contribution is 6.31. The van der Waals surface area contributed by atoms with Crippen LogP contribution in [-0.4, -0.2) is 32.3 Å². The van der Waals surface area contributed by atoms with Crippen molar-refractivity contribution in [1.29, 1.82) is 0 Å². The molecule has 0 aliphatic heterocycles. The topological polar surface area (TPSA) is 71.1 Å². The Kier molecular flexibility index (Phi) is 8.12. The molecule has 0 amide bonds. The first-order valence-corrected chi connectivity index (χ1v) is 7.84. The lowest BCUT2D eigenvalue weighted by Crippen LogP contribution is -2.18. The molecule has 0 saturated carbocycles. The highest BCUT2D eigenvalue weighted by Crippen LogP contribution is 2.26. The molecule has 24 heavy (non-hydrogen) atoms. The standard InChI is InChI=1S/C17H21ClO6/c1-5-12(6-2)23-16(19)13-9-11(18)7-8-14(13)24-15(10-21-3)17(20)22-4/h7-10,12H,5-6H2,1-4H3. The minimum Gasteiger partial charge on any atom is -0.500 e. The fourth-order valence-electron chi connectivity index (χ4n) is 1.86. The van der Waals surface area contributed by atoms with Crippen molar-refractivity contribution in [2.45, 2.75) is 32.8 Å². The number of ether oxygens (including phenoxy) is 4. The molecule has 0 N–H and O–H groups in total. The molecule has 0 spiro atoms. The minimum absolute atomic E-state index is 0.111. The van der Waals surface area contributed by atoms with Crippen LogP contribution in [0.15, 0.2) is 30.2 Å². The van der Waals surface area contributed by atoms with E-state index in [-0.39, 0.29) is 23.2 Å². The van der Waals surface area contributed by atoms with Gasteiger partial charge in [0.05, 0.1) is 14.2 Å². The van der Waals surface area contributed by atoms with Crippen LogP contribution >= 0.6 is 11.6 Å². The Hall–Kier alpha value is -2.21. The number of methoxy groups -OCH3 is 2. The number of rotatable bonds is 8. The maximum atomic E-state index is 12.4. The molecule has 1 aromatic rings. The molecule has 0 aromatic heterocycles. The van der Waals surface area contributed by atoms with E-state index in [1.807, 2.05) is 13.8 Å². The summed E-state index contributed by atoms with van der Waals surface area (Å²) in [6, 6.07) is 4.42. The van der Waals surface area contributed by atoms with Crippen molar-refractivity contribution >= 4 is 23.5 Å². The largest absolute Gasteiger partial charge is 0.500 e. The van der Waals surface area contributed by atoms with Gasteiger partial charge < -0.3 is 18.9 Å². The highest BCUT2D eigenvalue weighted by Gasteiger charge is 2.21. The molecular formula is C17H21ClO6. The lowest BCUT2D eigenvalue weighted by Gasteiger charge is -2.16. The highest BCUT2D eigenvalue weighted by atomic mass is 35.5. The van der Waals surface area contributed by atoms with Gasteiger partial charge in [-0.25, -0.2) is 9.59 Å². The van der Waals surface area contributed by atoms with Gasteiger partial charge in [0.1, 0.15) is 23.7 Å². The number of hydrogen-bond acceptors (Lipinski definition) is 6. The second-order valence-corrected chi connectivity index (χ2v) is 5.23. The van der Waals surface area contributed by atoms with Crippen LogP contribution in [0, 0.1) is 0 Å². The molecule has 0 saturated heterocycles. The Labute approximate surface area is 146 Å². The van der Waals surface area contributed by atoms with Crippen molar-refractivity contribution in [3.05, 3.63) is 40.8 Å². The molecule has 0 aliphatic rings. The average Bonchev–Trinajstić information content (AvgIpc) is 2.59. The summed E-state index contributed by atoms with van der Waals surface area (Å²) in [4.78, 5) is 24.1. The molecule has 0 bridgehead atoms. The van der Waals surface area contributed by atoms with Crippen molar-refractivity contribution in [2.75, 3.05) is 14.2 Å². The predicted octanol–water partition coefficient (Wildman–Crippen LogP) is 3.73. The maximum absolute atomic E-state index is 12.4. The van der Waals surface area contributed by atoms with E-state index in [2.05, 4.69) is 4.74 Å². The lowest BCUT2D eigenvalue weighted by molar-refractivity contribution is -0.138. The van der Waals surface area contributed by atoms with Crippen LogP contribution in [0.3, 0.4) is 0 Å². The first kappa shape index (κ1) is 19.8. The van der Waals surface area contributed by atoms with Gasteiger partial charge >= 0.3 is 11.9 Å². The van der Waals surface area contributed by atoms with Crippen molar-refractivity contribution in [3.8, 4) is 5.75 Å². The quantitative estimate of drug-likeness (QED) is 0.401. The molecule has 0 atom stereocenters. The molecule has 0 unspecified atom stereocenters.